The van der Waals surface area contributed by atoms with Crippen molar-refractivity contribution in [1.29, 1.82) is 0 Å². The van der Waals surface area contributed by atoms with Crippen LogP contribution in [-0.2, 0) is 11.2 Å². The number of anilines is 1. The number of aryl methyl sites for hydroxylation is 1. The molecular weight excluding hydrogens is 262 g/mol. The van der Waals surface area contributed by atoms with Crippen molar-refractivity contribution < 1.29 is 9.53 Å². The fraction of sp³-hybridized carbons (Fsp3) is 0.611. The van der Waals surface area contributed by atoms with Gasteiger partial charge in [-0.15, -0.1) is 0 Å². The number of fused-ring (bicyclic) bond motifs is 1. The summed E-state index contributed by atoms with van der Waals surface area (Å²) >= 11 is 0. The maximum absolute atomic E-state index is 12.4. The summed E-state index contributed by atoms with van der Waals surface area (Å²) in [7, 11) is 0. The number of hydrogen-bond donors (Lipinski definition) is 1. The summed E-state index contributed by atoms with van der Waals surface area (Å²) in [6, 6.07) is 6.02. The van der Waals surface area contributed by atoms with E-state index < -0.39 is 0 Å². The molecule has 3 nitrogen and oxygen atoms in total. The molecule has 1 atom stereocenters. The van der Waals surface area contributed by atoms with Gasteiger partial charge in [0.1, 0.15) is 5.75 Å². The van der Waals surface area contributed by atoms with Crippen LogP contribution in [0.3, 0.4) is 0 Å². The first-order valence-electron chi connectivity index (χ1n) is 7.85. The Morgan fingerprint density at radius 3 is 2.67 bits per heavy atom. The van der Waals surface area contributed by atoms with Gasteiger partial charge in [-0.3, -0.25) is 4.79 Å². The van der Waals surface area contributed by atoms with E-state index in [-0.39, 0.29) is 23.3 Å². The van der Waals surface area contributed by atoms with Gasteiger partial charge in [0, 0.05) is 17.7 Å². The summed E-state index contributed by atoms with van der Waals surface area (Å²) in [6.07, 6.45) is 2.91. The molecule has 0 fully saturated rings. The Kier molecular flexibility index (Phi) is 4.60. The van der Waals surface area contributed by atoms with Crippen molar-refractivity contribution in [3.63, 3.8) is 0 Å². The van der Waals surface area contributed by atoms with Crippen LogP contribution in [-0.4, -0.2) is 12.0 Å². The highest BCUT2D eigenvalue weighted by atomic mass is 16.5. The zero-order valence-corrected chi connectivity index (χ0v) is 13.8. The highest BCUT2D eigenvalue weighted by Gasteiger charge is 2.28. The SMILES string of the molecule is CC(C)Oc1ccc2c(c1)NC(=O)C(CC(C)(C)C)CC2. The third-order valence-corrected chi connectivity index (χ3v) is 3.70. The fourth-order valence-electron chi connectivity index (χ4n) is 2.86. The first-order chi connectivity index (χ1) is 9.74. The van der Waals surface area contributed by atoms with Gasteiger partial charge in [0.05, 0.1) is 6.10 Å². The number of hydrogen-bond acceptors (Lipinski definition) is 2. The van der Waals surface area contributed by atoms with Crippen LogP contribution in [0.2, 0.25) is 0 Å². The van der Waals surface area contributed by atoms with Crippen LogP contribution >= 0.6 is 0 Å². The third kappa shape index (κ3) is 4.48. The molecule has 1 aliphatic heterocycles. The lowest BCUT2D eigenvalue weighted by molar-refractivity contribution is -0.120. The smallest absolute Gasteiger partial charge is 0.227 e. The summed E-state index contributed by atoms with van der Waals surface area (Å²) in [6.45, 7) is 10.6. The Morgan fingerprint density at radius 1 is 1.33 bits per heavy atom. The van der Waals surface area contributed by atoms with E-state index in [0.717, 1.165) is 30.7 Å². The highest BCUT2D eigenvalue weighted by Crippen LogP contribution is 2.33. The molecule has 0 saturated heterocycles. The Labute approximate surface area is 128 Å². The van der Waals surface area contributed by atoms with Gasteiger partial charge >= 0.3 is 0 Å². The molecule has 1 N–H and O–H groups in total. The van der Waals surface area contributed by atoms with Crippen molar-refractivity contribution in [1.82, 2.24) is 0 Å². The highest BCUT2D eigenvalue weighted by molar-refractivity contribution is 5.94. The van der Waals surface area contributed by atoms with Gasteiger partial charge in [-0.05, 0) is 50.2 Å². The monoisotopic (exact) mass is 289 g/mol. The Balaban J connectivity index is 2.16. The molecule has 0 radical (unpaired) electrons. The molecule has 0 spiro atoms. The van der Waals surface area contributed by atoms with Crippen molar-refractivity contribution in [2.24, 2.45) is 11.3 Å². The summed E-state index contributed by atoms with van der Waals surface area (Å²) in [4.78, 5) is 12.4. The van der Waals surface area contributed by atoms with Crippen LogP contribution in [0.1, 0.15) is 53.0 Å². The first-order valence-corrected chi connectivity index (χ1v) is 7.85. The normalized spacial score (nSPS) is 19.0. The minimum Gasteiger partial charge on any atom is -0.491 e. The minimum atomic E-state index is 0.0897. The molecule has 1 aromatic carbocycles. The Hall–Kier alpha value is -1.51. The molecule has 1 aliphatic rings. The second kappa shape index (κ2) is 6.08. The molecule has 1 aromatic rings. The first kappa shape index (κ1) is 15.9. The minimum absolute atomic E-state index is 0.0897. The van der Waals surface area contributed by atoms with Crippen LogP contribution in [0.15, 0.2) is 18.2 Å². The van der Waals surface area contributed by atoms with Gasteiger partial charge in [-0.25, -0.2) is 0 Å². The lowest BCUT2D eigenvalue weighted by atomic mass is 9.82. The number of carbonyl (C=O) groups excluding carboxylic acids is 1. The van der Waals surface area contributed by atoms with Crippen molar-refractivity contribution in [2.75, 3.05) is 5.32 Å². The largest absolute Gasteiger partial charge is 0.491 e. The molecule has 21 heavy (non-hydrogen) atoms. The molecule has 1 amide bonds. The van der Waals surface area contributed by atoms with Gasteiger partial charge < -0.3 is 10.1 Å². The Bertz CT molecular complexity index is 514. The van der Waals surface area contributed by atoms with E-state index in [9.17, 15) is 4.79 Å². The standard InChI is InChI=1S/C18H27NO2/c1-12(2)21-15-9-8-13-6-7-14(11-18(3,4)5)17(20)19-16(13)10-15/h8-10,12,14H,6-7,11H2,1-5H3,(H,19,20). The van der Waals surface area contributed by atoms with E-state index in [4.69, 9.17) is 4.74 Å². The average molecular weight is 289 g/mol. The molecular formula is C18H27NO2. The van der Waals surface area contributed by atoms with E-state index in [1.165, 1.54) is 5.56 Å². The van der Waals surface area contributed by atoms with Crippen LogP contribution in [0.25, 0.3) is 0 Å². The van der Waals surface area contributed by atoms with Gasteiger partial charge in [0.15, 0.2) is 0 Å². The summed E-state index contributed by atoms with van der Waals surface area (Å²) in [5.74, 6) is 1.05. The topological polar surface area (TPSA) is 38.3 Å². The van der Waals surface area contributed by atoms with E-state index in [2.05, 4.69) is 32.2 Å². The maximum atomic E-state index is 12.4. The number of rotatable bonds is 3. The molecule has 0 bridgehead atoms. The van der Waals surface area contributed by atoms with Gasteiger partial charge in [-0.2, -0.15) is 0 Å². The molecule has 0 aromatic heterocycles. The number of benzene rings is 1. The van der Waals surface area contributed by atoms with Crippen molar-refractivity contribution in [3.8, 4) is 5.75 Å². The molecule has 116 valence electrons. The van der Waals surface area contributed by atoms with Crippen molar-refractivity contribution in [2.45, 2.75) is 60.0 Å². The number of ether oxygens (including phenoxy) is 1. The van der Waals surface area contributed by atoms with Gasteiger partial charge in [0.25, 0.3) is 0 Å². The number of amides is 1. The number of nitrogens with one attached hydrogen (secondary N) is 1. The summed E-state index contributed by atoms with van der Waals surface area (Å²) in [5.41, 5.74) is 2.29. The van der Waals surface area contributed by atoms with Crippen LogP contribution in [0.4, 0.5) is 5.69 Å². The second-order valence-corrected chi connectivity index (χ2v) is 7.48. The third-order valence-electron chi connectivity index (χ3n) is 3.70. The maximum Gasteiger partial charge on any atom is 0.227 e. The van der Waals surface area contributed by atoms with E-state index in [1.54, 1.807) is 0 Å². The fourth-order valence-corrected chi connectivity index (χ4v) is 2.86. The molecule has 0 aliphatic carbocycles. The van der Waals surface area contributed by atoms with Gasteiger partial charge in [-0.1, -0.05) is 26.8 Å². The van der Waals surface area contributed by atoms with E-state index >= 15 is 0 Å². The predicted molar refractivity (Wildman–Crippen MR) is 86.7 cm³/mol. The average Bonchev–Trinajstić information content (AvgIpc) is 2.47. The van der Waals surface area contributed by atoms with E-state index in [1.807, 2.05) is 26.0 Å². The zero-order chi connectivity index (χ0) is 15.6. The lowest BCUT2D eigenvalue weighted by Crippen LogP contribution is -2.25. The van der Waals surface area contributed by atoms with Crippen molar-refractivity contribution in [3.05, 3.63) is 23.8 Å². The Morgan fingerprint density at radius 2 is 2.05 bits per heavy atom. The molecule has 1 heterocycles. The lowest BCUT2D eigenvalue weighted by Gasteiger charge is -2.23. The van der Waals surface area contributed by atoms with Gasteiger partial charge in [0.2, 0.25) is 5.91 Å². The number of carbonyl (C=O) groups is 1. The summed E-state index contributed by atoms with van der Waals surface area (Å²) in [5, 5.41) is 3.09. The second-order valence-electron chi connectivity index (χ2n) is 7.48. The predicted octanol–water partition coefficient (Wildman–Crippen LogP) is 4.41. The molecule has 2 rings (SSSR count). The zero-order valence-electron chi connectivity index (χ0n) is 13.8. The molecule has 1 unspecified atom stereocenters. The summed E-state index contributed by atoms with van der Waals surface area (Å²) < 4.78 is 5.71. The van der Waals surface area contributed by atoms with Crippen molar-refractivity contribution >= 4 is 11.6 Å². The molecule has 3 heteroatoms. The molecule has 0 saturated carbocycles. The van der Waals surface area contributed by atoms with E-state index in [0.29, 0.717) is 0 Å². The van der Waals surface area contributed by atoms with Crippen LogP contribution < -0.4 is 10.1 Å². The quantitative estimate of drug-likeness (QED) is 0.895. The van der Waals surface area contributed by atoms with Crippen LogP contribution in [0, 0.1) is 11.3 Å². The van der Waals surface area contributed by atoms with Crippen LogP contribution in [0.5, 0.6) is 5.75 Å².